The van der Waals surface area contributed by atoms with Crippen LogP contribution in [0.5, 0.6) is 5.75 Å². The lowest BCUT2D eigenvalue weighted by Gasteiger charge is -2.28. The maximum atomic E-state index is 12.0. The van der Waals surface area contributed by atoms with Crippen LogP contribution in [0.15, 0.2) is 24.3 Å². The number of halogens is 1. The molecule has 1 heterocycles. The molecule has 1 aliphatic heterocycles. The second-order valence-corrected chi connectivity index (χ2v) is 6.85. The van der Waals surface area contributed by atoms with Crippen molar-refractivity contribution >= 4 is 18.3 Å². The molecular weight excluding hydrogens is 340 g/mol. The van der Waals surface area contributed by atoms with E-state index in [0.29, 0.717) is 18.3 Å². The highest BCUT2D eigenvalue weighted by Gasteiger charge is 2.22. The first kappa shape index (κ1) is 21.7. The van der Waals surface area contributed by atoms with Crippen LogP contribution in [0.2, 0.25) is 0 Å². The first-order valence-electron chi connectivity index (χ1n) is 8.89. The van der Waals surface area contributed by atoms with Gasteiger partial charge in [0, 0.05) is 13.0 Å². The Kier molecular flexibility index (Phi) is 9.86. The number of amides is 1. The average Bonchev–Trinajstić information content (AvgIpc) is 2.59. The lowest BCUT2D eigenvalue weighted by molar-refractivity contribution is -0.122. The number of piperidine rings is 1. The summed E-state index contributed by atoms with van der Waals surface area (Å²) in [6.07, 6.45) is 2.10. The molecule has 6 heteroatoms. The van der Waals surface area contributed by atoms with Gasteiger partial charge in [-0.1, -0.05) is 19.1 Å². The molecule has 0 radical (unpaired) electrons. The Bertz CT molecular complexity index is 521. The fraction of sp³-hybridized carbons (Fsp3) is 0.632. The Morgan fingerprint density at radius 3 is 2.80 bits per heavy atom. The minimum absolute atomic E-state index is 0. The van der Waals surface area contributed by atoms with Crippen LogP contribution >= 0.6 is 12.4 Å². The van der Waals surface area contributed by atoms with Crippen molar-refractivity contribution in [1.29, 1.82) is 0 Å². The van der Waals surface area contributed by atoms with Gasteiger partial charge in [-0.2, -0.15) is 0 Å². The number of aliphatic hydroxyl groups excluding tert-OH is 1. The molecule has 0 aromatic heterocycles. The predicted molar refractivity (Wildman–Crippen MR) is 102 cm³/mol. The predicted octanol–water partition coefficient (Wildman–Crippen LogP) is 2.30. The first-order chi connectivity index (χ1) is 11.5. The molecule has 1 amide bonds. The fourth-order valence-corrected chi connectivity index (χ4v) is 3.13. The van der Waals surface area contributed by atoms with Crippen molar-refractivity contribution in [3.63, 3.8) is 0 Å². The van der Waals surface area contributed by atoms with E-state index in [9.17, 15) is 9.90 Å². The zero-order valence-corrected chi connectivity index (χ0v) is 16.0. The number of benzene rings is 1. The van der Waals surface area contributed by atoms with Gasteiger partial charge in [-0.3, -0.25) is 4.79 Å². The minimum Gasteiger partial charge on any atom is -0.491 e. The highest BCUT2D eigenvalue weighted by molar-refractivity contribution is 5.85. The van der Waals surface area contributed by atoms with Crippen LogP contribution in [-0.2, 0) is 4.79 Å². The maximum Gasteiger partial charge on any atom is 0.220 e. The standard InChI is InChI=1S/C19H30N2O3.ClH/c1-14-4-3-5-18(10-14)24-13-17(22)12-21-19(23)11-15(2)16-6-8-20-9-7-16;/h3-5,10,15-17,20,22H,6-9,11-13H2,1-2H3,(H,21,23);1H. The van der Waals surface area contributed by atoms with Crippen LogP contribution in [0, 0.1) is 18.8 Å². The largest absolute Gasteiger partial charge is 0.491 e. The van der Waals surface area contributed by atoms with E-state index in [-0.39, 0.29) is 31.5 Å². The van der Waals surface area contributed by atoms with Crippen molar-refractivity contribution in [2.45, 2.75) is 39.2 Å². The highest BCUT2D eigenvalue weighted by atomic mass is 35.5. The molecule has 0 aliphatic carbocycles. The number of hydrogen-bond donors (Lipinski definition) is 3. The summed E-state index contributed by atoms with van der Waals surface area (Å²) in [4.78, 5) is 12.0. The first-order valence-corrected chi connectivity index (χ1v) is 8.89. The lowest BCUT2D eigenvalue weighted by Crippen LogP contribution is -2.37. The van der Waals surface area contributed by atoms with Crippen LogP contribution in [0.1, 0.15) is 31.7 Å². The van der Waals surface area contributed by atoms with Gasteiger partial charge in [0.25, 0.3) is 0 Å². The molecular formula is C19H31ClN2O3. The molecule has 25 heavy (non-hydrogen) atoms. The van der Waals surface area contributed by atoms with Gasteiger partial charge in [0.2, 0.25) is 5.91 Å². The summed E-state index contributed by atoms with van der Waals surface area (Å²) in [6, 6.07) is 7.69. The van der Waals surface area contributed by atoms with Crippen molar-refractivity contribution in [2.75, 3.05) is 26.2 Å². The highest BCUT2D eigenvalue weighted by Crippen LogP contribution is 2.24. The Morgan fingerprint density at radius 2 is 2.12 bits per heavy atom. The van der Waals surface area contributed by atoms with E-state index in [1.54, 1.807) is 0 Å². The van der Waals surface area contributed by atoms with Crippen LogP contribution in [0.25, 0.3) is 0 Å². The molecule has 3 N–H and O–H groups in total. The summed E-state index contributed by atoms with van der Waals surface area (Å²) in [6.45, 7) is 6.63. The third kappa shape index (κ3) is 8.08. The van der Waals surface area contributed by atoms with E-state index in [1.165, 1.54) is 0 Å². The van der Waals surface area contributed by atoms with Gasteiger partial charge in [-0.05, 0) is 62.4 Å². The molecule has 1 fully saturated rings. The lowest BCUT2D eigenvalue weighted by atomic mass is 9.84. The third-order valence-electron chi connectivity index (χ3n) is 4.66. The molecule has 5 nitrogen and oxygen atoms in total. The molecule has 2 unspecified atom stereocenters. The summed E-state index contributed by atoms with van der Waals surface area (Å²) in [5.74, 6) is 1.75. The number of carbonyl (C=O) groups excluding carboxylic acids is 1. The molecule has 0 saturated carbocycles. The van der Waals surface area contributed by atoms with Crippen molar-refractivity contribution < 1.29 is 14.6 Å². The summed E-state index contributed by atoms with van der Waals surface area (Å²) < 4.78 is 5.55. The van der Waals surface area contributed by atoms with E-state index in [2.05, 4.69) is 17.6 Å². The SMILES string of the molecule is Cc1cccc(OCC(O)CNC(=O)CC(C)C2CCNCC2)c1.Cl. The van der Waals surface area contributed by atoms with E-state index < -0.39 is 6.10 Å². The maximum absolute atomic E-state index is 12.0. The fourth-order valence-electron chi connectivity index (χ4n) is 3.13. The van der Waals surface area contributed by atoms with E-state index in [0.717, 1.165) is 37.2 Å². The van der Waals surface area contributed by atoms with E-state index >= 15 is 0 Å². The van der Waals surface area contributed by atoms with Gasteiger partial charge in [-0.15, -0.1) is 12.4 Å². The van der Waals surface area contributed by atoms with Crippen LogP contribution in [-0.4, -0.2) is 43.4 Å². The van der Waals surface area contributed by atoms with Crippen molar-refractivity contribution in [3.05, 3.63) is 29.8 Å². The van der Waals surface area contributed by atoms with Gasteiger partial charge < -0.3 is 20.5 Å². The number of rotatable bonds is 8. The van der Waals surface area contributed by atoms with Crippen LogP contribution in [0.4, 0.5) is 0 Å². The monoisotopic (exact) mass is 370 g/mol. The molecule has 142 valence electrons. The average molecular weight is 371 g/mol. The number of carbonyl (C=O) groups is 1. The number of ether oxygens (including phenoxy) is 1. The van der Waals surface area contributed by atoms with Gasteiger partial charge in [0.1, 0.15) is 18.5 Å². The van der Waals surface area contributed by atoms with Gasteiger partial charge in [0.05, 0.1) is 0 Å². The zero-order valence-electron chi connectivity index (χ0n) is 15.2. The molecule has 1 aromatic rings. The number of aliphatic hydroxyl groups is 1. The topological polar surface area (TPSA) is 70.6 Å². The normalized spacial score (nSPS) is 17.2. The second kappa shape index (κ2) is 11.3. The molecule has 1 aliphatic rings. The summed E-state index contributed by atoms with van der Waals surface area (Å²) in [5, 5.41) is 16.1. The van der Waals surface area contributed by atoms with Crippen LogP contribution < -0.4 is 15.4 Å². The van der Waals surface area contributed by atoms with Crippen LogP contribution in [0.3, 0.4) is 0 Å². The molecule has 0 bridgehead atoms. The quantitative estimate of drug-likeness (QED) is 0.656. The summed E-state index contributed by atoms with van der Waals surface area (Å²) in [5.41, 5.74) is 1.11. The van der Waals surface area contributed by atoms with Crippen molar-refractivity contribution in [3.8, 4) is 5.75 Å². The van der Waals surface area contributed by atoms with Gasteiger partial charge >= 0.3 is 0 Å². The summed E-state index contributed by atoms with van der Waals surface area (Å²) >= 11 is 0. The van der Waals surface area contributed by atoms with Crippen molar-refractivity contribution in [1.82, 2.24) is 10.6 Å². The number of aryl methyl sites for hydroxylation is 1. The summed E-state index contributed by atoms with van der Waals surface area (Å²) in [7, 11) is 0. The Hall–Kier alpha value is -1.30. The van der Waals surface area contributed by atoms with Gasteiger partial charge in [0.15, 0.2) is 0 Å². The molecule has 0 spiro atoms. The Morgan fingerprint density at radius 1 is 1.40 bits per heavy atom. The molecule has 1 saturated heterocycles. The number of hydrogen-bond acceptors (Lipinski definition) is 4. The van der Waals surface area contributed by atoms with Gasteiger partial charge in [-0.25, -0.2) is 0 Å². The Labute approximate surface area is 156 Å². The molecule has 2 rings (SSSR count). The second-order valence-electron chi connectivity index (χ2n) is 6.85. The minimum atomic E-state index is -0.705. The molecule has 2 atom stereocenters. The number of nitrogens with one attached hydrogen (secondary N) is 2. The van der Waals surface area contributed by atoms with E-state index in [4.69, 9.17) is 4.74 Å². The smallest absolute Gasteiger partial charge is 0.220 e. The Balaban J connectivity index is 0.00000312. The molecule has 1 aromatic carbocycles. The van der Waals surface area contributed by atoms with E-state index in [1.807, 2.05) is 31.2 Å². The van der Waals surface area contributed by atoms with Crippen molar-refractivity contribution in [2.24, 2.45) is 11.8 Å². The third-order valence-corrected chi connectivity index (χ3v) is 4.66. The zero-order chi connectivity index (χ0) is 17.4.